The van der Waals surface area contributed by atoms with Crippen LogP contribution in [0.25, 0.3) is 0 Å². The van der Waals surface area contributed by atoms with Crippen molar-refractivity contribution in [2.45, 2.75) is 13.0 Å². The van der Waals surface area contributed by atoms with E-state index in [0.29, 0.717) is 23.4 Å². The highest BCUT2D eigenvalue weighted by molar-refractivity contribution is 5.97. The van der Waals surface area contributed by atoms with E-state index in [4.69, 9.17) is 14.7 Å². The Morgan fingerprint density at radius 1 is 1.07 bits per heavy atom. The van der Waals surface area contributed by atoms with E-state index in [-0.39, 0.29) is 0 Å². The van der Waals surface area contributed by atoms with Crippen LogP contribution in [0.5, 0.6) is 5.75 Å². The Bertz CT molecular complexity index is 860. The first-order chi connectivity index (χ1) is 13.5. The molecule has 2 aromatic carbocycles. The summed E-state index contributed by atoms with van der Waals surface area (Å²) in [5.74, 6) is -1.19. The number of ether oxygens (including phenoxy) is 2. The molecule has 2 aromatic rings. The van der Waals surface area contributed by atoms with Crippen molar-refractivity contribution in [3.05, 3.63) is 65.7 Å². The summed E-state index contributed by atoms with van der Waals surface area (Å²) in [7, 11) is 0. The summed E-state index contributed by atoms with van der Waals surface area (Å²) in [5, 5.41) is 13.3. The third-order valence-corrected chi connectivity index (χ3v) is 3.50. The van der Waals surface area contributed by atoms with Crippen LogP contribution in [0.3, 0.4) is 0 Å². The Balaban J connectivity index is 2.02. The number of hydrogen-bond donors (Lipinski definition) is 2. The lowest BCUT2D eigenvalue weighted by Gasteiger charge is -2.18. The molecule has 0 saturated carbocycles. The summed E-state index contributed by atoms with van der Waals surface area (Å²) in [6, 6.07) is 15.8. The minimum Gasteiger partial charge on any atom is -0.482 e. The molecule has 0 bridgehead atoms. The van der Waals surface area contributed by atoms with Gasteiger partial charge in [0, 0.05) is 12.1 Å². The Kier molecular flexibility index (Phi) is 7.54. The summed E-state index contributed by atoms with van der Waals surface area (Å²) in [4.78, 5) is 36.2. The second-order valence-electron chi connectivity index (χ2n) is 5.55. The van der Waals surface area contributed by atoms with Gasteiger partial charge in [-0.15, -0.1) is 0 Å². The van der Waals surface area contributed by atoms with Crippen molar-refractivity contribution in [1.82, 2.24) is 10.6 Å². The third kappa shape index (κ3) is 6.14. The number of urea groups is 1. The number of nitrogens with zero attached hydrogens (tertiary/aromatic N) is 1. The van der Waals surface area contributed by atoms with Gasteiger partial charge in [0.15, 0.2) is 6.61 Å². The Hall–Kier alpha value is -3.86. The molecule has 0 aliphatic carbocycles. The van der Waals surface area contributed by atoms with Gasteiger partial charge in [-0.1, -0.05) is 30.3 Å². The fourth-order valence-corrected chi connectivity index (χ4v) is 2.22. The first kappa shape index (κ1) is 20.5. The van der Waals surface area contributed by atoms with Crippen molar-refractivity contribution in [3.63, 3.8) is 0 Å². The zero-order valence-electron chi connectivity index (χ0n) is 15.2. The SMILES string of the molecule is CCNC(=O)NC(=O)[C@H](OC(=O)COc1ccc(C#N)cc1)c1ccccc1. The van der Waals surface area contributed by atoms with Crippen molar-refractivity contribution in [3.8, 4) is 11.8 Å². The first-order valence-electron chi connectivity index (χ1n) is 8.49. The molecule has 0 saturated heterocycles. The molecule has 0 unspecified atom stereocenters. The van der Waals surface area contributed by atoms with Crippen LogP contribution in [-0.2, 0) is 14.3 Å². The van der Waals surface area contributed by atoms with Crippen molar-refractivity contribution < 1.29 is 23.9 Å². The van der Waals surface area contributed by atoms with Gasteiger partial charge in [0.05, 0.1) is 11.6 Å². The van der Waals surface area contributed by atoms with E-state index in [1.165, 1.54) is 0 Å². The maximum Gasteiger partial charge on any atom is 0.345 e. The van der Waals surface area contributed by atoms with Crippen molar-refractivity contribution in [2.75, 3.05) is 13.2 Å². The maximum atomic E-state index is 12.4. The number of benzene rings is 2. The predicted molar refractivity (Wildman–Crippen MR) is 99.1 cm³/mol. The number of hydrogen-bond acceptors (Lipinski definition) is 6. The highest BCUT2D eigenvalue weighted by Gasteiger charge is 2.26. The second kappa shape index (κ2) is 10.3. The number of esters is 1. The van der Waals surface area contributed by atoms with Crippen LogP contribution in [0.4, 0.5) is 4.79 Å². The molecule has 0 fully saturated rings. The molecule has 3 amide bonds. The van der Waals surface area contributed by atoms with E-state index in [2.05, 4.69) is 10.6 Å². The molecular weight excluding hydrogens is 362 g/mol. The van der Waals surface area contributed by atoms with Crippen LogP contribution < -0.4 is 15.4 Å². The number of rotatable bonds is 7. The van der Waals surface area contributed by atoms with Crippen LogP contribution in [0.1, 0.15) is 24.2 Å². The highest BCUT2D eigenvalue weighted by atomic mass is 16.6. The molecule has 8 nitrogen and oxygen atoms in total. The molecule has 0 spiro atoms. The molecule has 0 aromatic heterocycles. The summed E-state index contributed by atoms with van der Waals surface area (Å²) >= 11 is 0. The number of amides is 3. The lowest BCUT2D eigenvalue weighted by Crippen LogP contribution is -2.42. The van der Waals surface area contributed by atoms with E-state index in [1.54, 1.807) is 61.5 Å². The van der Waals surface area contributed by atoms with Gasteiger partial charge in [-0.3, -0.25) is 10.1 Å². The molecule has 8 heteroatoms. The van der Waals surface area contributed by atoms with E-state index < -0.39 is 30.6 Å². The fourth-order valence-electron chi connectivity index (χ4n) is 2.22. The van der Waals surface area contributed by atoms with Gasteiger partial charge < -0.3 is 14.8 Å². The lowest BCUT2D eigenvalue weighted by molar-refractivity contribution is -0.158. The van der Waals surface area contributed by atoms with Crippen molar-refractivity contribution >= 4 is 17.9 Å². The van der Waals surface area contributed by atoms with E-state index in [9.17, 15) is 14.4 Å². The number of carbonyl (C=O) groups is 3. The summed E-state index contributed by atoms with van der Waals surface area (Å²) in [6.07, 6.45) is -1.30. The Labute approximate surface area is 162 Å². The zero-order chi connectivity index (χ0) is 20.4. The van der Waals surface area contributed by atoms with Gasteiger partial charge in [-0.25, -0.2) is 9.59 Å². The van der Waals surface area contributed by atoms with Crippen LogP contribution in [0.15, 0.2) is 54.6 Å². The molecule has 28 heavy (non-hydrogen) atoms. The van der Waals surface area contributed by atoms with Gasteiger partial charge in [0.25, 0.3) is 5.91 Å². The van der Waals surface area contributed by atoms with E-state index in [1.807, 2.05) is 6.07 Å². The summed E-state index contributed by atoms with van der Waals surface area (Å²) < 4.78 is 10.5. The van der Waals surface area contributed by atoms with Gasteiger partial charge in [0.2, 0.25) is 6.10 Å². The van der Waals surface area contributed by atoms with E-state index in [0.717, 1.165) is 0 Å². The van der Waals surface area contributed by atoms with Crippen molar-refractivity contribution in [1.29, 1.82) is 5.26 Å². The van der Waals surface area contributed by atoms with Crippen LogP contribution in [0, 0.1) is 11.3 Å². The average Bonchev–Trinajstić information content (AvgIpc) is 2.71. The smallest absolute Gasteiger partial charge is 0.345 e. The predicted octanol–water partition coefficient (Wildman–Crippen LogP) is 2.07. The van der Waals surface area contributed by atoms with Crippen LogP contribution in [-0.4, -0.2) is 31.1 Å². The Morgan fingerprint density at radius 2 is 1.75 bits per heavy atom. The number of nitrogens with one attached hydrogen (secondary N) is 2. The normalized spacial score (nSPS) is 10.9. The topological polar surface area (TPSA) is 118 Å². The molecule has 1 atom stereocenters. The molecule has 0 radical (unpaired) electrons. The fraction of sp³-hybridized carbons (Fsp3) is 0.200. The maximum absolute atomic E-state index is 12.4. The molecule has 144 valence electrons. The Morgan fingerprint density at radius 3 is 2.36 bits per heavy atom. The summed E-state index contributed by atoms with van der Waals surface area (Å²) in [6.45, 7) is 1.61. The summed E-state index contributed by atoms with van der Waals surface area (Å²) in [5.41, 5.74) is 0.872. The van der Waals surface area contributed by atoms with Crippen LogP contribution >= 0.6 is 0 Å². The van der Waals surface area contributed by atoms with Gasteiger partial charge in [-0.2, -0.15) is 5.26 Å². The third-order valence-electron chi connectivity index (χ3n) is 3.50. The minimum atomic E-state index is -1.30. The molecule has 0 heterocycles. The van der Waals surface area contributed by atoms with E-state index >= 15 is 0 Å². The second-order valence-corrected chi connectivity index (χ2v) is 5.55. The zero-order valence-corrected chi connectivity index (χ0v) is 15.2. The quantitative estimate of drug-likeness (QED) is 0.709. The van der Waals surface area contributed by atoms with Gasteiger partial charge in [-0.05, 0) is 31.2 Å². The average molecular weight is 381 g/mol. The van der Waals surface area contributed by atoms with Gasteiger partial charge in [0.1, 0.15) is 5.75 Å². The van der Waals surface area contributed by atoms with Crippen molar-refractivity contribution in [2.24, 2.45) is 0 Å². The first-order valence-corrected chi connectivity index (χ1v) is 8.49. The minimum absolute atomic E-state index is 0.341. The van der Waals surface area contributed by atoms with Gasteiger partial charge >= 0.3 is 12.0 Å². The molecular formula is C20H19N3O5. The van der Waals surface area contributed by atoms with Crippen LogP contribution in [0.2, 0.25) is 0 Å². The molecule has 0 aliphatic heterocycles. The molecule has 0 aliphatic rings. The number of carbonyl (C=O) groups excluding carboxylic acids is 3. The highest BCUT2D eigenvalue weighted by Crippen LogP contribution is 2.18. The number of nitriles is 1. The molecule has 2 rings (SSSR count). The molecule has 2 N–H and O–H groups in total. The lowest BCUT2D eigenvalue weighted by atomic mass is 10.1. The largest absolute Gasteiger partial charge is 0.482 e. The number of imide groups is 1. The monoisotopic (exact) mass is 381 g/mol. The standard InChI is InChI=1S/C20H19N3O5/c1-2-22-20(26)23-19(25)18(15-6-4-3-5-7-15)28-17(24)13-27-16-10-8-14(12-21)9-11-16/h3-11,18H,2,13H2,1H3,(H2,22,23,25,26)/t18-/m1/s1.